The lowest BCUT2D eigenvalue weighted by Crippen LogP contribution is -2.06. The topological polar surface area (TPSA) is 49.8 Å². The van der Waals surface area contributed by atoms with Crippen LogP contribution in [0.5, 0.6) is 0 Å². The number of aromatic amines is 1. The molecule has 0 aliphatic carbocycles. The smallest absolute Gasteiger partial charge is 0.221 e. The Morgan fingerprint density at radius 2 is 2.24 bits per heavy atom. The number of aromatic nitrogens is 2. The van der Waals surface area contributed by atoms with Crippen LogP contribution in [-0.4, -0.2) is 15.5 Å². The highest BCUT2D eigenvalue weighted by Gasteiger charge is 2.02. The molecule has 5 heteroatoms. The standard InChI is InChI=1S/C12H13N3OS/c1-8-7-15(12(17)13-8)11-5-3-4-10(6-11)14-9(2)16/h3-7H,1-2H3,(H,13,17)(H,14,16). The van der Waals surface area contributed by atoms with Gasteiger partial charge in [0.05, 0.1) is 0 Å². The lowest BCUT2D eigenvalue weighted by molar-refractivity contribution is -0.114. The minimum atomic E-state index is -0.0870. The Kier molecular flexibility index (Phi) is 3.10. The van der Waals surface area contributed by atoms with Crippen LogP contribution in [0, 0.1) is 11.7 Å². The number of benzene rings is 1. The molecule has 0 aliphatic rings. The van der Waals surface area contributed by atoms with E-state index in [0.29, 0.717) is 4.77 Å². The van der Waals surface area contributed by atoms with E-state index in [9.17, 15) is 4.79 Å². The first-order valence-electron chi connectivity index (χ1n) is 5.22. The van der Waals surface area contributed by atoms with Gasteiger partial charge >= 0.3 is 0 Å². The Balaban J connectivity index is 2.43. The van der Waals surface area contributed by atoms with Crippen molar-refractivity contribution in [2.24, 2.45) is 0 Å². The van der Waals surface area contributed by atoms with Crippen molar-refractivity contribution >= 4 is 23.8 Å². The van der Waals surface area contributed by atoms with Crippen molar-refractivity contribution in [3.05, 3.63) is 40.9 Å². The quantitative estimate of drug-likeness (QED) is 0.802. The summed E-state index contributed by atoms with van der Waals surface area (Å²) >= 11 is 5.21. The third kappa shape index (κ3) is 2.62. The number of nitrogens with zero attached hydrogens (tertiary/aromatic N) is 1. The molecule has 0 spiro atoms. The summed E-state index contributed by atoms with van der Waals surface area (Å²) in [6.07, 6.45) is 1.93. The zero-order valence-electron chi connectivity index (χ0n) is 9.65. The Hall–Kier alpha value is -1.88. The van der Waals surface area contributed by atoms with Crippen LogP contribution >= 0.6 is 12.2 Å². The summed E-state index contributed by atoms with van der Waals surface area (Å²) in [5, 5.41) is 2.74. The SMILES string of the molecule is CC(=O)Nc1cccc(-n2cc(C)[nH]c2=S)c1. The predicted octanol–water partition coefficient (Wildman–Crippen LogP) is 2.80. The molecule has 0 unspecified atom stereocenters. The molecule has 0 bridgehead atoms. The van der Waals surface area contributed by atoms with Gasteiger partial charge in [-0.3, -0.25) is 9.36 Å². The fourth-order valence-corrected chi connectivity index (χ4v) is 1.96. The van der Waals surface area contributed by atoms with E-state index in [4.69, 9.17) is 12.2 Å². The van der Waals surface area contributed by atoms with Crippen LogP contribution in [0.25, 0.3) is 5.69 Å². The molecule has 0 aliphatic heterocycles. The predicted molar refractivity (Wildman–Crippen MR) is 70.0 cm³/mol. The number of amides is 1. The summed E-state index contributed by atoms with van der Waals surface area (Å²) < 4.78 is 2.51. The van der Waals surface area contributed by atoms with Gasteiger partial charge in [0.2, 0.25) is 5.91 Å². The van der Waals surface area contributed by atoms with Gasteiger partial charge in [-0.1, -0.05) is 6.07 Å². The van der Waals surface area contributed by atoms with Gasteiger partial charge in [0.25, 0.3) is 0 Å². The molecule has 2 N–H and O–H groups in total. The van der Waals surface area contributed by atoms with Crippen molar-refractivity contribution in [1.29, 1.82) is 0 Å². The molecular formula is C12H13N3OS. The average molecular weight is 247 g/mol. The molecule has 1 heterocycles. The first-order chi connectivity index (χ1) is 8.06. The Morgan fingerprint density at radius 3 is 2.82 bits per heavy atom. The number of H-pyrrole nitrogens is 1. The van der Waals surface area contributed by atoms with Gasteiger partial charge < -0.3 is 10.3 Å². The molecular weight excluding hydrogens is 234 g/mol. The summed E-state index contributed by atoms with van der Waals surface area (Å²) in [4.78, 5) is 14.0. The van der Waals surface area contributed by atoms with Crippen LogP contribution in [0.4, 0.5) is 5.69 Å². The van der Waals surface area contributed by atoms with Gasteiger partial charge in [-0.05, 0) is 37.3 Å². The number of carbonyl (C=O) groups is 1. The third-order valence-electron chi connectivity index (χ3n) is 2.29. The normalized spacial score (nSPS) is 10.2. The van der Waals surface area contributed by atoms with Crippen molar-refractivity contribution in [1.82, 2.24) is 9.55 Å². The van der Waals surface area contributed by atoms with Gasteiger partial charge in [-0.15, -0.1) is 0 Å². The number of anilines is 1. The van der Waals surface area contributed by atoms with Crippen molar-refractivity contribution in [3.63, 3.8) is 0 Å². The van der Waals surface area contributed by atoms with Crippen LogP contribution in [0.2, 0.25) is 0 Å². The highest BCUT2D eigenvalue weighted by molar-refractivity contribution is 7.71. The molecule has 0 atom stereocenters. The van der Waals surface area contributed by atoms with Crippen LogP contribution in [0.15, 0.2) is 30.5 Å². The lowest BCUT2D eigenvalue weighted by atomic mass is 10.2. The largest absolute Gasteiger partial charge is 0.335 e. The highest BCUT2D eigenvalue weighted by atomic mass is 32.1. The van der Waals surface area contributed by atoms with Crippen molar-refractivity contribution < 1.29 is 4.79 Å². The Bertz CT molecular complexity index is 612. The molecule has 0 fully saturated rings. The molecule has 0 radical (unpaired) electrons. The van der Waals surface area contributed by atoms with Gasteiger partial charge in [-0.2, -0.15) is 0 Å². The number of imidazole rings is 1. The van der Waals surface area contributed by atoms with Crippen molar-refractivity contribution in [2.45, 2.75) is 13.8 Å². The second-order valence-electron chi connectivity index (χ2n) is 3.84. The zero-order valence-corrected chi connectivity index (χ0v) is 10.5. The molecule has 2 aromatic rings. The number of rotatable bonds is 2. The number of aryl methyl sites for hydroxylation is 1. The van der Waals surface area contributed by atoms with Gasteiger partial charge in [0.15, 0.2) is 4.77 Å². The third-order valence-corrected chi connectivity index (χ3v) is 2.59. The Morgan fingerprint density at radius 1 is 1.47 bits per heavy atom. The molecule has 2 rings (SSSR count). The summed E-state index contributed by atoms with van der Waals surface area (Å²) in [7, 11) is 0. The van der Waals surface area contributed by atoms with E-state index < -0.39 is 0 Å². The molecule has 0 saturated carbocycles. The molecule has 1 aromatic heterocycles. The second kappa shape index (κ2) is 4.55. The summed E-state index contributed by atoms with van der Waals surface area (Å²) in [6, 6.07) is 7.54. The summed E-state index contributed by atoms with van der Waals surface area (Å²) in [5.74, 6) is -0.0870. The molecule has 17 heavy (non-hydrogen) atoms. The first-order valence-corrected chi connectivity index (χ1v) is 5.63. The van der Waals surface area contributed by atoms with Crippen molar-refractivity contribution in [3.8, 4) is 5.69 Å². The van der Waals surface area contributed by atoms with Gasteiger partial charge in [0.1, 0.15) is 0 Å². The van der Waals surface area contributed by atoms with E-state index in [1.165, 1.54) is 6.92 Å². The van der Waals surface area contributed by atoms with Crippen LogP contribution in [0.3, 0.4) is 0 Å². The number of hydrogen-bond donors (Lipinski definition) is 2. The second-order valence-corrected chi connectivity index (χ2v) is 4.23. The zero-order chi connectivity index (χ0) is 12.4. The van der Waals surface area contributed by atoms with Gasteiger partial charge in [-0.25, -0.2) is 0 Å². The van der Waals surface area contributed by atoms with E-state index in [0.717, 1.165) is 17.1 Å². The van der Waals surface area contributed by atoms with Crippen LogP contribution in [-0.2, 0) is 4.79 Å². The maximum Gasteiger partial charge on any atom is 0.221 e. The highest BCUT2D eigenvalue weighted by Crippen LogP contribution is 2.15. The molecule has 88 valence electrons. The number of nitrogens with one attached hydrogen (secondary N) is 2. The minimum absolute atomic E-state index is 0.0870. The van der Waals surface area contributed by atoms with E-state index >= 15 is 0 Å². The van der Waals surface area contributed by atoms with E-state index in [-0.39, 0.29) is 5.91 Å². The minimum Gasteiger partial charge on any atom is -0.335 e. The monoisotopic (exact) mass is 247 g/mol. The van der Waals surface area contributed by atoms with E-state index in [1.54, 1.807) is 0 Å². The lowest BCUT2D eigenvalue weighted by Gasteiger charge is -2.06. The molecule has 0 saturated heterocycles. The Labute approximate surface area is 104 Å². The maximum absolute atomic E-state index is 11.0. The first kappa shape index (κ1) is 11.6. The van der Waals surface area contributed by atoms with E-state index in [2.05, 4.69) is 10.3 Å². The summed E-state index contributed by atoms with van der Waals surface area (Å²) in [5.41, 5.74) is 2.68. The van der Waals surface area contributed by atoms with Crippen LogP contribution in [0.1, 0.15) is 12.6 Å². The average Bonchev–Trinajstić information content (AvgIpc) is 2.57. The summed E-state index contributed by atoms with van der Waals surface area (Å²) in [6.45, 7) is 3.43. The van der Waals surface area contributed by atoms with Gasteiger partial charge in [0, 0.05) is 30.2 Å². The fourth-order valence-electron chi connectivity index (χ4n) is 1.64. The van der Waals surface area contributed by atoms with E-state index in [1.807, 2.05) is 42.0 Å². The maximum atomic E-state index is 11.0. The molecule has 1 aromatic carbocycles. The van der Waals surface area contributed by atoms with Crippen LogP contribution < -0.4 is 5.32 Å². The fraction of sp³-hybridized carbons (Fsp3) is 0.167. The molecule has 1 amide bonds. The number of hydrogen-bond acceptors (Lipinski definition) is 2. The molecule has 4 nitrogen and oxygen atoms in total. The number of carbonyl (C=O) groups excluding carboxylic acids is 1. The van der Waals surface area contributed by atoms with Crippen molar-refractivity contribution in [2.75, 3.05) is 5.32 Å².